The van der Waals surface area contributed by atoms with Crippen LogP contribution in [0.5, 0.6) is 17.2 Å². The van der Waals surface area contributed by atoms with Crippen LogP contribution in [0.15, 0.2) is 65.1 Å². The monoisotopic (exact) mass is 534 g/mol. The highest BCUT2D eigenvalue weighted by Gasteiger charge is 2.13. The maximum atomic E-state index is 12.5. The average Bonchev–Trinajstić information content (AvgIpc) is 2.78. The molecule has 0 radical (unpaired) electrons. The van der Waals surface area contributed by atoms with Crippen molar-refractivity contribution in [1.29, 1.82) is 0 Å². The number of methoxy groups -OCH3 is 1. The molecule has 3 aromatic rings. The fourth-order valence-electron chi connectivity index (χ4n) is 2.90. The number of carbonyl (C=O) groups is 1. The first kappa shape index (κ1) is 24.2. The third-order valence-corrected chi connectivity index (χ3v) is 5.70. The summed E-state index contributed by atoms with van der Waals surface area (Å²) in [5.41, 5.74) is 2.17. The van der Waals surface area contributed by atoms with E-state index in [1.165, 1.54) is 6.08 Å². The van der Waals surface area contributed by atoms with Gasteiger partial charge in [0.15, 0.2) is 17.3 Å². The molecule has 0 heterocycles. The molecule has 0 spiro atoms. The van der Waals surface area contributed by atoms with E-state index in [-0.39, 0.29) is 12.4 Å². The molecular weight excluding hydrogens is 515 g/mol. The lowest BCUT2D eigenvalue weighted by Gasteiger charge is -2.15. The van der Waals surface area contributed by atoms with Gasteiger partial charge in [0.1, 0.15) is 12.4 Å². The number of hydrogen-bond donors (Lipinski definition) is 0. The van der Waals surface area contributed by atoms with E-state index in [4.69, 9.17) is 37.4 Å². The van der Waals surface area contributed by atoms with Crippen molar-refractivity contribution in [3.8, 4) is 17.2 Å². The highest BCUT2D eigenvalue weighted by atomic mass is 79.9. The van der Waals surface area contributed by atoms with Crippen molar-refractivity contribution in [3.63, 3.8) is 0 Å². The summed E-state index contributed by atoms with van der Waals surface area (Å²) in [5.74, 6) is 1.70. The maximum absolute atomic E-state index is 12.5. The Morgan fingerprint density at radius 2 is 1.78 bits per heavy atom. The number of ketones is 1. The van der Waals surface area contributed by atoms with Crippen molar-refractivity contribution >= 4 is 51.0 Å². The zero-order chi connectivity index (χ0) is 23.1. The van der Waals surface area contributed by atoms with Gasteiger partial charge in [-0.1, -0.05) is 35.3 Å². The van der Waals surface area contributed by atoms with Crippen LogP contribution < -0.4 is 14.2 Å². The fraction of sp³-hybridized carbons (Fsp3) is 0.160. The molecule has 166 valence electrons. The average molecular weight is 536 g/mol. The molecule has 3 aromatic carbocycles. The molecule has 0 N–H and O–H groups in total. The van der Waals surface area contributed by atoms with Crippen molar-refractivity contribution in [2.75, 3.05) is 13.7 Å². The largest absolute Gasteiger partial charge is 0.497 e. The van der Waals surface area contributed by atoms with E-state index >= 15 is 0 Å². The van der Waals surface area contributed by atoms with Gasteiger partial charge in [-0.15, -0.1) is 0 Å². The van der Waals surface area contributed by atoms with E-state index in [2.05, 4.69) is 15.9 Å². The Balaban J connectivity index is 1.79. The first-order chi connectivity index (χ1) is 15.4. The van der Waals surface area contributed by atoms with Crippen LogP contribution in [0, 0.1) is 0 Å². The lowest BCUT2D eigenvalue weighted by molar-refractivity contribution is 0.104. The topological polar surface area (TPSA) is 44.8 Å². The van der Waals surface area contributed by atoms with Crippen molar-refractivity contribution in [2.24, 2.45) is 0 Å². The van der Waals surface area contributed by atoms with Gasteiger partial charge in [-0.05, 0) is 83.0 Å². The Labute approximate surface area is 205 Å². The van der Waals surface area contributed by atoms with Crippen LogP contribution in [0.1, 0.15) is 28.4 Å². The standard InChI is InChI=1S/C25H21BrCl2O4/c1-3-31-24-13-16(4-11-23(29)17-6-9-20(30-2)10-7-17)12-21(26)25(24)32-15-18-5-8-19(27)14-22(18)28/h4-14H,3,15H2,1-2H3/b11-4+. The molecule has 0 aliphatic heterocycles. The van der Waals surface area contributed by atoms with Gasteiger partial charge in [0.05, 0.1) is 18.2 Å². The number of allylic oxidation sites excluding steroid dienone is 1. The summed E-state index contributed by atoms with van der Waals surface area (Å²) in [4.78, 5) is 12.5. The Morgan fingerprint density at radius 3 is 2.44 bits per heavy atom. The van der Waals surface area contributed by atoms with Crippen molar-refractivity contribution in [3.05, 3.63) is 91.9 Å². The van der Waals surface area contributed by atoms with Gasteiger partial charge in [0.2, 0.25) is 0 Å². The maximum Gasteiger partial charge on any atom is 0.185 e. The molecule has 0 saturated heterocycles. The molecule has 7 heteroatoms. The lowest BCUT2D eigenvalue weighted by Crippen LogP contribution is -2.01. The molecule has 0 fully saturated rings. The van der Waals surface area contributed by atoms with Gasteiger partial charge < -0.3 is 14.2 Å². The van der Waals surface area contributed by atoms with Crippen LogP contribution in [0.4, 0.5) is 0 Å². The van der Waals surface area contributed by atoms with Gasteiger partial charge in [0.25, 0.3) is 0 Å². The summed E-state index contributed by atoms with van der Waals surface area (Å²) >= 11 is 15.8. The van der Waals surface area contributed by atoms with Crippen molar-refractivity contribution in [1.82, 2.24) is 0 Å². The summed E-state index contributed by atoms with van der Waals surface area (Å²) < 4.78 is 17.6. The van der Waals surface area contributed by atoms with Crippen molar-refractivity contribution < 1.29 is 19.0 Å². The number of hydrogen-bond acceptors (Lipinski definition) is 4. The zero-order valence-corrected chi connectivity index (χ0v) is 20.6. The number of halogens is 3. The third-order valence-electron chi connectivity index (χ3n) is 4.52. The SMILES string of the molecule is CCOc1cc(/C=C/C(=O)c2ccc(OC)cc2)cc(Br)c1OCc1ccc(Cl)cc1Cl. The molecule has 0 saturated carbocycles. The van der Waals surface area contributed by atoms with E-state index in [0.717, 1.165) is 11.1 Å². The Morgan fingerprint density at radius 1 is 1.03 bits per heavy atom. The molecular formula is C25H21BrCl2O4. The zero-order valence-electron chi connectivity index (χ0n) is 17.5. The minimum atomic E-state index is -0.112. The fourth-order valence-corrected chi connectivity index (χ4v) is 3.94. The van der Waals surface area contributed by atoms with Crippen LogP contribution in [-0.4, -0.2) is 19.5 Å². The second-order valence-electron chi connectivity index (χ2n) is 6.71. The molecule has 4 nitrogen and oxygen atoms in total. The summed E-state index contributed by atoms with van der Waals surface area (Å²) in [5, 5.41) is 1.10. The highest BCUT2D eigenvalue weighted by molar-refractivity contribution is 9.10. The van der Waals surface area contributed by atoms with Gasteiger partial charge in [-0.25, -0.2) is 0 Å². The Bertz CT molecular complexity index is 1130. The van der Waals surface area contributed by atoms with Crippen molar-refractivity contribution in [2.45, 2.75) is 13.5 Å². The number of carbonyl (C=O) groups excluding carboxylic acids is 1. The van der Waals surface area contributed by atoms with Gasteiger partial charge in [-0.2, -0.15) is 0 Å². The molecule has 3 rings (SSSR count). The quantitative estimate of drug-likeness (QED) is 0.208. The molecule has 0 amide bonds. The first-order valence-electron chi connectivity index (χ1n) is 9.80. The lowest BCUT2D eigenvalue weighted by atomic mass is 10.1. The Kier molecular flexibility index (Phi) is 8.62. The summed E-state index contributed by atoms with van der Waals surface area (Å²) in [7, 11) is 1.59. The van der Waals surface area contributed by atoms with Crippen LogP contribution >= 0.6 is 39.1 Å². The molecule has 0 unspecified atom stereocenters. The minimum absolute atomic E-state index is 0.112. The third kappa shape index (κ3) is 6.28. The number of rotatable bonds is 9. The first-order valence-corrected chi connectivity index (χ1v) is 11.4. The van der Waals surface area contributed by atoms with Crippen LogP contribution in [0.2, 0.25) is 10.0 Å². The van der Waals surface area contributed by atoms with E-state index in [0.29, 0.717) is 43.9 Å². The van der Waals surface area contributed by atoms with Gasteiger partial charge >= 0.3 is 0 Å². The molecule has 0 aliphatic rings. The van der Waals surface area contributed by atoms with Crippen LogP contribution in [-0.2, 0) is 6.61 Å². The molecule has 0 aromatic heterocycles. The molecule has 32 heavy (non-hydrogen) atoms. The number of ether oxygens (including phenoxy) is 3. The molecule has 0 bridgehead atoms. The normalized spacial score (nSPS) is 10.9. The van der Waals surface area contributed by atoms with Crippen LogP contribution in [0.25, 0.3) is 6.08 Å². The summed E-state index contributed by atoms with van der Waals surface area (Å²) in [6, 6.07) is 15.9. The predicted octanol–water partition coefficient (Wildman–Crippen LogP) is 7.64. The van der Waals surface area contributed by atoms with Gasteiger partial charge in [-0.3, -0.25) is 4.79 Å². The van der Waals surface area contributed by atoms with Crippen LogP contribution in [0.3, 0.4) is 0 Å². The highest BCUT2D eigenvalue weighted by Crippen LogP contribution is 2.38. The molecule has 0 atom stereocenters. The van der Waals surface area contributed by atoms with E-state index < -0.39 is 0 Å². The van der Waals surface area contributed by atoms with Gasteiger partial charge in [0, 0.05) is 21.2 Å². The molecule has 0 aliphatic carbocycles. The summed E-state index contributed by atoms with van der Waals surface area (Å²) in [6.07, 6.45) is 3.26. The Hall–Kier alpha value is -2.47. The smallest absolute Gasteiger partial charge is 0.185 e. The van der Waals surface area contributed by atoms with E-state index in [1.54, 1.807) is 49.6 Å². The van der Waals surface area contributed by atoms with E-state index in [9.17, 15) is 4.79 Å². The second-order valence-corrected chi connectivity index (χ2v) is 8.41. The predicted molar refractivity (Wildman–Crippen MR) is 132 cm³/mol. The number of benzene rings is 3. The van der Waals surface area contributed by atoms with E-state index in [1.807, 2.05) is 25.1 Å². The summed E-state index contributed by atoms with van der Waals surface area (Å²) in [6.45, 7) is 2.60. The second kappa shape index (κ2) is 11.4. The minimum Gasteiger partial charge on any atom is -0.497 e.